The van der Waals surface area contributed by atoms with Gasteiger partial charge in [0.1, 0.15) is 11.9 Å². The molecule has 0 aliphatic carbocycles. The molecule has 1 aromatic carbocycles. The summed E-state index contributed by atoms with van der Waals surface area (Å²) >= 11 is 7.72. The van der Waals surface area contributed by atoms with Gasteiger partial charge in [0.05, 0.1) is 6.54 Å². The molecule has 0 aliphatic heterocycles. The van der Waals surface area contributed by atoms with Crippen LogP contribution in [-0.4, -0.2) is 44.2 Å². The summed E-state index contributed by atoms with van der Waals surface area (Å²) in [6, 6.07) is 7.41. The lowest BCUT2D eigenvalue weighted by atomic mass is 10.3. The smallest absolute Gasteiger partial charge is 0.191 e. The number of nitrogens with one attached hydrogen (secondary N) is 2. The van der Waals surface area contributed by atoms with Gasteiger partial charge >= 0.3 is 0 Å². The number of halogens is 1. The fourth-order valence-electron chi connectivity index (χ4n) is 1.55. The number of nitrogens with zero attached hydrogens (tertiary/aromatic N) is 1. The highest BCUT2D eigenvalue weighted by Crippen LogP contribution is 2.18. The summed E-state index contributed by atoms with van der Waals surface area (Å²) in [4.78, 5) is 4.16. The minimum absolute atomic E-state index is 0.0209. The molecule has 0 heterocycles. The number of rotatable bonds is 7. The maximum Gasteiger partial charge on any atom is 0.191 e. The number of guanidine groups is 1. The van der Waals surface area contributed by atoms with E-state index in [-0.39, 0.29) is 6.10 Å². The van der Waals surface area contributed by atoms with E-state index in [9.17, 15) is 0 Å². The van der Waals surface area contributed by atoms with Gasteiger partial charge in [-0.3, -0.25) is 4.99 Å². The molecule has 1 rings (SSSR count). The minimum atomic E-state index is 0.0209. The average Bonchev–Trinajstić information content (AvgIpc) is 2.42. The van der Waals surface area contributed by atoms with Gasteiger partial charge in [0.2, 0.25) is 0 Å². The van der Waals surface area contributed by atoms with Crippen molar-refractivity contribution < 1.29 is 4.74 Å². The molecule has 0 spiro atoms. The van der Waals surface area contributed by atoms with Crippen LogP contribution in [0.2, 0.25) is 5.02 Å². The van der Waals surface area contributed by atoms with Crippen molar-refractivity contribution in [1.29, 1.82) is 0 Å². The van der Waals surface area contributed by atoms with Crippen LogP contribution >= 0.6 is 23.4 Å². The first kappa shape index (κ1) is 17.0. The van der Waals surface area contributed by atoms with Crippen LogP contribution in [0.5, 0.6) is 5.75 Å². The third-order valence-electron chi connectivity index (χ3n) is 2.51. The zero-order valence-electron chi connectivity index (χ0n) is 12.1. The molecule has 6 heteroatoms. The van der Waals surface area contributed by atoms with Crippen LogP contribution < -0.4 is 15.4 Å². The third kappa shape index (κ3) is 6.91. The fraction of sp³-hybridized carbons (Fsp3) is 0.500. The molecule has 1 unspecified atom stereocenters. The SMILES string of the molecule is CN=C(NCCSC)NCC(C)Oc1cccc(Cl)c1. The minimum Gasteiger partial charge on any atom is -0.489 e. The van der Waals surface area contributed by atoms with Crippen LogP contribution in [0, 0.1) is 0 Å². The Labute approximate surface area is 130 Å². The molecule has 20 heavy (non-hydrogen) atoms. The zero-order valence-corrected chi connectivity index (χ0v) is 13.7. The maximum atomic E-state index is 5.92. The van der Waals surface area contributed by atoms with E-state index in [1.165, 1.54) is 0 Å². The molecule has 112 valence electrons. The van der Waals surface area contributed by atoms with Crippen molar-refractivity contribution in [2.45, 2.75) is 13.0 Å². The standard InChI is InChI=1S/C14H22ClN3OS/c1-11(19-13-6-4-5-12(15)9-13)10-18-14(16-2)17-7-8-20-3/h4-6,9,11H,7-8,10H2,1-3H3,(H2,16,17,18). The number of hydrogen-bond donors (Lipinski definition) is 2. The summed E-state index contributed by atoms with van der Waals surface area (Å²) in [5.74, 6) is 2.62. The van der Waals surface area contributed by atoms with E-state index in [4.69, 9.17) is 16.3 Å². The van der Waals surface area contributed by atoms with Crippen molar-refractivity contribution in [2.24, 2.45) is 4.99 Å². The first-order valence-corrected chi connectivity index (χ1v) is 8.28. The third-order valence-corrected chi connectivity index (χ3v) is 3.36. The Bertz CT molecular complexity index is 429. The number of ether oxygens (including phenoxy) is 1. The number of benzene rings is 1. The highest BCUT2D eigenvalue weighted by Gasteiger charge is 2.05. The van der Waals surface area contributed by atoms with E-state index >= 15 is 0 Å². The maximum absolute atomic E-state index is 5.92. The second-order valence-electron chi connectivity index (χ2n) is 4.26. The van der Waals surface area contributed by atoms with Crippen molar-refractivity contribution in [3.63, 3.8) is 0 Å². The van der Waals surface area contributed by atoms with Crippen LogP contribution in [-0.2, 0) is 0 Å². The molecule has 0 aromatic heterocycles. The summed E-state index contributed by atoms with van der Waals surface area (Å²) < 4.78 is 5.78. The summed E-state index contributed by atoms with van der Waals surface area (Å²) in [7, 11) is 1.76. The first-order valence-electron chi connectivity index (χ1n) is 6.51. The van der Waals surface area contributed by atoms with Gasteiger partial charge in [-0.05, 0) is 31.4 Å². The van der Waals surface area contributed by atoms with Gasteiger partial charge in [-0.2, -0.15) is 11.8 Å². The van der Waals surface area contributed by atoms with E-state index in [1.54, 1.807) is 18.8 Å². The lowest BCUT2D eigenvalue weighted by molar-refractivity contribution is 0.224. The van der Waals surface area contributed by atoms with Crippen molar-refractivity contribution >= 4 is 29.3 Å². The largest absolute Gasteiger partial charge is 0.489 e. The van der Waals surface area contributed by atoms with Gasteiger partial charge in [0.25, 0.3) is 0 Å². The van der Waals surface area contributed by atoms with Gasteiger partial charge < -0.3 is 15.4 Å². The molecule has 2 N–H and O–H groups in total. The van der Waals surface area contributed by atoms with E-state index in [1.807, 2.05) is 31.2 Å². The summed E-state index contributed by atoms with van der Waals surface area (Å²) in [5.41, 5.74) is 0. The van der Waals surface area contributed by atoms with Crippen molar-refractivity contribution in [3.05, 3.63) is 29.3 Å². The Morgan fingerprint density at radius 1 is 1.45 bits per heavy atom. The summed E-state index contributed by atoms with van der Waals surface area (Å²) in [6.45, 7) is 3.57. The normalized spacial score (nSPS) is 12.9. The van der Waals surface area contributed by atoms with Crippen LogP contribution in [0.4, 0.5) is 0 Å². The molecule has 0 fully saturated rings. The Morgan fingerprint density at radius 3 is 2.90 bits per heavy atom. The predicted molar refractivity (Wildman–Crippen MR) is 89.3 cm³/mol. The molecular weight excluding hydrogens is 294 g/mol. The molecule has 0 radical (unpaired) electrons. The first-order chi connectivity index (χ1) is 9.65. The quantitative estimate of drug-likeness (QED) is 0.461. The Hall–Kier alpha value is -1.07. The van der Waals surface area contributed by atoms with Gasteiger partial charge in [-0.25, -0.2) is 0 Å². The van der Waals surface area contributed by atoms with Crippen molar-refractivity contribution in [3.8, 4) is 5.75 Å². The van der Waals surface area contributed by atoms with Crippen molar-refractivity contribution in [1.82, 2.24) is 10.6 Å². The van der Waals surface area contributed by atoms with Gasteiger partial charge in [0, 0.05) is 24.4 Å². The number of hydrogen-bond acceptors (Lipinski definition) is 3. The molecule has 0 saturated heterocycles. The van der Waals surface area contributed by atoms with Crippen LogP contribution in [0.1, 0.15) is 6.92 Å². The Morgan fingerprint density at radius 2 is 2.25 bits per heavy atom. The molecule has 0 saturated carbocycles. The molecule has 0 aliphatic rings. The summed E-state index contributed by atoms with van der Waals surface area (Å²) in [6.07, 6.45) is 2.10. The fourth-order valence-corrected chi connectivity index (χ4v) is 2.03. The zero-order chi connectivity index (χ0) is 14.8. The molecule has 4 nitrogen and oxygen atoms in total. The van der Waals surface area contributed by atoms with Crippen LogP contribution in [0.15, 0.2) is 29.3 Å². The monoisotopic (exact) mass is 315 g/mol. The lowest BCUT2D eigenvalue weighted by Crippen LogP contribution is -2.42. The van der Waals surface area contributed by atoms with Gasteiger partial charge in [-0.1, -0.05) is 17.7 Å². The van der Waals surface area contributed by atoms with Crippen LogP contribution in [0.25, 0.3) is 0 Å². The topological polar surface area (TPSA) is 45.7 Å². The second kappa shape index (κ2) is 9.77. The van der Waals surface area contributed by atoms with E-state index in [2.05, 4.69) is 21.9 Å². The van der Waals surface area contributed by atoms with E-state index in [0.717, 1.165) is 24.0 Å². The highest BCUT2D eigenvalue weighted by atomic mass is 35.5. The predicted octanol–water partition coefficient (Wildman–Crippen LogP) is 2.64. The summed E-state index contributed by atoms with van der Waals surface area (Å²) in [5, 5.41) is 7.15. The Kier molecular flexibility index (Phi) is 8.30. The molecule has 1 atom stereocenters. The van der Waals surface area contributed by atoms with E-state index in [0.29, 0.717) is 11.6 Å². The van der Waals surface area contributed by atoms with Gasteiger partial charge in [0.15, 0.2) is 5.96 Å². The Balaban J connectivity index is 2.33. The average molecular weight is 316 g/mol. The van der Waals surface area contributed by atoms with Gasteiger partial charge in [-0.15, -0.1) is 0 Å². The highest BCUT2D eigenvalue weighted by molar-refractivity contribution is 7.98. The molecule has 0 bridgehead atoms. The van der Waals surface area contributed by atoms with E-state index < -0.39 is 0 Å². The lowest BCUT2D eigenvalue weighted by Gasteiger charge is -2.17. The molecule has 0 amide bonds. The van der Waals surface area contributed by atoms with Crippen LogP contribution in [0.3, 0.4) is 0 Å². The number of aliphatic imine (C=N–C) groups is 1. The number of thioether (sulfide) groups is 1. The van der Waals surface area contributed by atoms with Crippen molar-refractivity contribution in [2.75, 3.05) is 32.1 Å². The molecule has 1 aromatic rings. The second-order valence-corrected chi connectivity index (χ2v) is 5.68. The molecular formula is C14H22ClN3OS.